The predicted molar refractivity (Wildman–Crippen MR) is 137 cm³/mol. The molecule has 6 nitrogen and oxygen atoms in total. The number of hydrogen-bond donors (Lipinski definition) is 0. The first-order valence-corrected chi connectivity index (χ1v) is 13.4. The molecule has 1 heterocycles. The molecule has 0 unspecified atom stereocenters. The minimum atomic E-state index is -3.56. The molecule has 0 bridgehead atoms. The van der Waals surface area contributed by atoms with Gasteiger partial charge in [0.05, 0.1) is 10.4 Å². The molecule has 0 radical (unpaired) electrons. The lowest BCUT2D eigenvalue weighted by molar-refractivity contribution is 0.567. The highest BCUT2D eigenvalue weighted by atomic mass is 35.5. The first-order valence-electron chi connectivity index (χ1n) is 11.6. The zero-order valence-electron chi connectivity index (χ0n) is 19.2. The van der Waals surface area contributed by atoms with Crippen molar-refractivity contribution < 1.29 is 8.42 Å². The van der Waals surface area contributed by atoms with Crippen LogP contribution in [-0.4, -0.2) is 18.9 Å². The standard InChI is InChI=1S/C14H10ClNO2S.C11H23N3/c15-12-6-7-14-11(10-12)8-9-16(14)19(17,18)13-4-2-1-3-5-13;1-2-3-4-5-6-7-8-9-10-11-13-14-12/h1-10H;2-11H2,1H3. The van der Waals surface area contributed by atoms with Crippen molar-refractivity contribution in [3.8, 4) is 0 Å². The van der Waals surface area contributed by atoms with Gasteiger partial charge in [0.15, 0.2) is 0 Å². The zero-order valence-corrected chi connectivity index (χ0v) is 20.8. The molecule has 0 saturated carbocycles. The third-order valence-electron chi connectivity index (χ3n) is 5.34. The summed E-state index contributed by atoms with van der Waals surface area (Å²) in [5, 5.41) is 4.89. The average molecular weight is 489 g/mol. The molecule has 3 rings (SSSR count). The Kier molecular flexibility index (Phi) is 11.9. The van der Waals surface area contributed by atoms with Crippen molar-refractivity contribution in [2.45, 2.75) is 69.6 Å². The molecule has 0 amide bonds. The summed E-state index contributed by atoms with van der Waals surface area (Å²) in [6.45, 7) is 2.92. The first-order chi connectivity index (χ1) is 16.0. The van der Waals surface area contributed by atoms with E-state index in [1.54, 1.807) is 60.8 Å². The van der Waals surface area contributed by atoms with Gasteiger partial charge in [-0.05, 0) is 48.4 Å². The maximum Gasteiger partial charge on any atom is 0.268 e. The Morgan fingerprint density at radius 2 is 1.55 bits per heavy atom. The van der Waals surface area contributed by atoms with Crippen LogP contribution in [0.3, 0.4) is 0 Å². The van der Waals surface area contributed by atoms with Crippen LogP contribution in [0.2, 0.25) is 5.02 Å². The lowest BCUT2D eigenvalue weighted by Gasteiger charge is -2.07. The lowest BCUT2D eigenvalue weighted by atomic mass is 10.1. The number of nitrogens with zero attached hydrogens (tertiary/aromatic N) is 4. The van der Waals surface area contributed by atoms with Crippen LogP contribution in [0, 0.1) is 0 Å². The van der Waals surface area contributed by atoms with Crippen LogP contribution in [0.1, 0.15) is 64.7 Å². The molecule has 33 heavy (non-hydrogen) atoms. The highest BCUT2D eigenvalue weighted by Crippen LogP contribution is 2.24. The maximum absolute atomic E-state index is 12.5. The second-order valence-electron chi connectivity index (χ2n) is 7.92. The van der Waals surface area contributed by atoms with Crippen LogP contribution in [0.25, 0.3) is 21.3 Å². The van der Waals surface area contributed by atoms with Gasteiger partial charge >= 0.3 is 0 Å². The molecule has 2 aromatic carbocycles. The van der Waals surface area contributed by atoms with Crippen molar-refractivity contribution in [3.05, 3.63) is 76.3 Å². The van der Waals surface area contributed by atoms with E-state index in [9.17, 15) is 8.42 Å². The van der Waals surface area contributed by atoms with Crippen molar-refractivity contribution in [3.63, 3.8) is 0 Å². The Balaban J connectivity index is 0.000000248. The fourth-order valence-electron chi connectivity index (χ4n) is 3.54. The maximum atomic E-state index is 12.5. The van der Waals surface area contributed by atoms with Gasteiger partial charge in [-0.25, -0.2) is 12.4 Å². The van der Waals surface area contributed by atoms with Gasteiger partial charge < -0.3 is 0 Å². The van der Waals surface area contributed by atoms with Crippen molar-refractivity contribution in [2.75, 3.05) is 6.54 Å². The zero-order chi connectivity index (χ0) is 23.9. The van der Waals surface area contributed by atoms with Gasteiger partial charge in [0, 0.05) is 28.1 Å². The van der Waals surface area contributed by atoms with E-state index in [1.807, 2.05) is 0 Å². The first kappa shape index (κ1) is 26.8. The van der Waals surface area contributed by atoms with Gasteiger partial charge in [-0.1, -0.05) is 93.2 Å². The number of azide groups is 1. The van der Waals surface area contributed by atoms with Crippen LogP contribution in [0.15, 0.2) is 70.8 Å². The summed E-state index contributed by atoms with van der Waals surface area (Å²) in [5.74, 6) is 0. The van der Waals surface area contributed by atoms with Crippen LogP contribution >= 0.6 is 11.6 Å². The molecule has 0 N–H and O–H groups in total. The summed E-state index contributed by atoms with van der Waals surface area (Å²) in [5.41, 5.74) is 8.67. The summed E-state index contributed by atoms with van der Waals surface area (Å²) in [7, 11) is -3.56. The van der Waals surface area contributed by atoms with E-state index >= 15 is 0 Å². The highest BCUT2D eigenvalue weighted by molar-refractivity contribution is 7.90. The molecular weight excluding hydrogens is 456 g/mol. The average Bonchev–Trinajstić information content (AvgIpc) is 3.25. The van der Waals surface area contributed by atoms with E-state index in [0.717, 1.165) is 11.8 Å². The number of halogens is 1. The summed E-state index contributed by atoms with van der Waals surface area (Å²) < 4.78 is 26.3. The Labute approximate surface area is 202 Å². The second-order valence-corrected chi connectivity index (χ2v) is 10.2. The van der Waals surface area contributed by atoms with Crippen LogP contribution in [0.4, 0.5) is 0 Å². The smallest absolute Gasteiger partial charge is 0.241 e. The SMILES string of the molecule is CCCCCCCCCCCN=[N+]=[N-].O=S(=O)(c1ccccc1)n1ccc2cc(Cl)ccc21. The number of fused-ring (bicyclic) bond motifs is 1. The van der Waals surface area contributed by atoms with Gasteiger partial charge in [0.1, 0.15) is 0 Å². The van der Waals surface area contributed by atoms with Crippen LogP contribution in [-0.2, 0) is 10.0 Å². The minimum Gasteiger partial charge on any atom is -0.241 e. The topological polar surface area (TPSA) is 87.8 Å². The number of rotatable bonds is 12. The van der Waals surface area contributed by atoms with Crippen LogP contribution in [0.5, 0.6) is 0 Å². The summed E-state index contributed by atoms with van der Waals surface area (Å²) >= 11 is 5.90. The fraction of sp³-hybridized carbons (Fsp3) is 0.440. The van der Waals surface area contributed by atoms with Gasteiger partial charge in [-0.2, -0.15) is 0 Å². The fourth-order valence-corrected chi connectivity index (χ4v) is 5.10. The number of benzene rings is 2. The summed E-state index contributed by atoms with van der Waals surface area (Å²) in [6.07, 6.45) is 13.3. The van der Waals surface area contributed by atoms with E-state index < -0.39 is 10.0 Å². The Morgan fingerprint density at radius 1 is 0.909 bits per heavy atom. The molecule has 1 aromatic heterocycles. The third kappa shape index (κ3) is 8.77. The summed E-state index contributed by atoms with van der Waals surface area (Å²) in [4.78, 5) is 2.99. The number of aromatic nitrogens is 1. The molecule has 0 atom stereocenters. The Morgan fingerprint density at radius 3 is 2.18 bits per heavy atom. The highest BCUT2D eigenvalue weighted by Gasteiger charge is 2.18. The van der Waals surface area contributed by atoms with E-state index in [4.69, 9.17) is 17.1 Å². The van der Waals surface area contributed by atoms with Gasteiger partial charge in [-0.3, -0.25) is 0 Å². The Bertz CT molecular complexity index is 1120. The van der Waals surface area contributed by atoms with E-state index in [-0.39, 0.29) is 4.90 Å². The van der Waals surface area contributed by atoms with Gasteiger partial charge in [0.25, 0.3) is 10.0 Å². The molecule has 8 heteroatoms. The van der Waals surface area contributed by atoms with Crippen molar-refractivity contribution >= 4 is 32.5 Å². The molecule has 178 valence electrons. The molecule has 0 saturated heterocycles. The lowest BCUT2D eigenvalue weighted by Crippen LogP contribution is -2.11. The molecule has 0 aliphatic heterocycles. The normalized spacial score (nSPS) is 11.0. The van der Waals surface area contributed by atoms with E-state index in [1.165, 1.54) is 55.3 Å². The van der Waals surface area contributed by atoms with Gasteiger partial charge in [-0.15, -0.1) is 0 Å². The largest absolute Gasteiger partial charge is 0.268 e. The molecule has 0 aliphatic carbocycles. The Hall–Kier alpha value is -2.47. The molecule has 0 spiro atoms. The van der Waals surface area contributed by atoms with E-state index in [2.05, 4.69) is 16.9 Å². The number of hydrogen-bond acceptors (Lipinski definition) is 3. The predicted octanol–water partition coefficient (Wildman–Crippen LogP) is 8.36. The van der Waals surface area contributed by atoms with Crippen LogP contribution < -0.4 is 0 Å². The quantitative estimate of drug-likeness (QED) is 0.111. The third-order valence-corrected chi connectivity index (χ3v) is 7.28. The summed E-state index contributed by atoms with van der Waals surface area (Å²) in [6, 6.07) is 15.2. The van der Waals surface area contributed by atoms with Gasteiger partial charge in [0.2, 0.25) is 0 Å². The van der Waals surface area contributed by atoms with Crippen molar-refractivity contribution in [2.24, 2.45) is 5.11 Å². The second kappa shape index (κ2) is 14.6. The number of unbranched alkanes of at least 4 members (excludes halogenated alkanes) is 8. The monoisotopic (exact) mass is 488 g/mol. The van der Waals surface area contributed by atoms with Crippen molar-refractivity contribution in [1.82, 2.24) is 3.97 Å². The molecular formula is C25H33ClN4O2S. The van der Waals surface area contributed by atoms with Crippen molar-refractivity contribution in [1.29, 1.82) is 0 Å². The minimum absolute atomic E-state index is 0.266. The van der Waals surface area contributed by atoms with E-state index in [0.29, 0.717) is 17.1 Å². The molecule has 0 fully saturated rings. The molecule has 0 aliphatic rings. The molecule has 3 aromatic rings.